The number of hydrogen-bond donors (Lipinski definition) is 3. The summed E-state index contributed by atoms with van der Waals surface area (Å²) < 4.78 is 0. The first-order valence-electron chi connectivity index (χ1n) is 13.4. The Morgan fingerprint density at radius 1 is 1.09 bits per heavy atom. The Balaban J connectivity index is 1.54. The van der Waals surface area contributed by atoms with Crippen LogP contribution in [0.15, 0.2) is 0 Å². The molecule has 182 valence electrons. The van der Waals surface area contributed by atoms with E-state index in [1.54, 1.807) is 0 Å². The van der Waals surface area contributed by atoms with Gasteiger partial charge >= 0.3 is 0 Å². The van der Waals surface area contributed by atoms with E-state index in [-0.39, 0.29) is 11.3 Å². The van der Waals surface area contributed by atoms with Crippen LogP contribution in [0.1, 0.15) is 105 Å². The molecule has 0 bridgehead atoms. The van der Waals surface area contributed by atoms with Gasteiger partial charge in [0.1, 0.15) is 0 Å². The average Bonchev–Trinajstić information content (AvgIpc) is 3.05. The highest BCUT2D eigenvalue weighted by Gasteiger charge is 2.67. The number of rotatable bonds is 5. The number of fused-ring (bicyclic) bond motifs is 5. The molecule has 2 unspecified atom stereocenters. The summed E-state index contributed by atoms with van der Waals surface area (Å²) in [5.74, 6) is 2.65. The Bertz CT molecular complexity index is 740. The van der Waals surface area contributed by atoms with Gasteiger partial charge in [-0.2, -0.15) is 5.26 Å². The van der Waals surface area contributed by atoms with Crippen molar-refractivity contribution in [3.05, 3.63) is 0 Å². The second kappa shape index (κ2) is 8.24. The van der Waals surface area contributed by atoms with Crippen LogP contribution >= 0.6 is 0 Å². The SMILES string of the molecule is C[C@H](CCCC(C)(C)O)[C@H]1CC[C@H]2[C@@H]3CC(C#N)C4(O)C[C@@H](O)CC[C@]4(C)[C@H]3CC[C@]12C. The van der Waals surface area contributed by atoms with Gasteiger partial charge in [0.05, 0.1) is 29.3 Å². The maximum absolute atomic E-state index is 11.8. The van der Waals surface area contributed by atoms with Crippen molar-refractivity contribution in [2.24, 2.45) is 46.3 Å². The molecule has 0 saturated heterocycles. The topological polar surface area (TPSA) is 84.5 Å². The second-order valence-corrected chi connectivity index (χ2v) is 13.4. The first kappa shape index (κ1) is 24.5. The van der Waals surface area contributed by atoms with Crippen LogP contribution in [0.3, 0.4) is 0 Å². The molecule has 4 heteroatoms. The van der Waals surface area contributed by atoms with Crippen molar-refractivity contribution in [2.75, 3.05) is 0 Å². The van der Waals surface area contributed by atoms with Gasteiger partial charge < -0.3 is 15.3 Å². The zero-order chi connectivity index (χ0) is 23.5. The van der Waals surface area contributed by atoms with Gasteiger partial charge in [0.15, 0.2) is 0 Å². The molecule has 0 aromatic rings. The zero-order valence-electron chi connectivity index (χ0n) is 21.1. The summed E-state index contributed by atoms with van der Waals surface area (Å²) >= 11 is 0. The van der Waals surface area contributed by atoms with Crippen molar-refractivity contribution < 1.29 is 15.3 Å². The Kier molecular flexibility index (Phi) is 6.31. The van der Waals surface area contributed by atoms with Crippen LogP contribution in [0.4, 0.5) is 0 Å². The summed E-state index contributed by atoms with van der Waals surface area (Å²) in [5, 5.41) is 42.4. The Morgan fingerprint density at radius 2 is 1.81 bits per heavy atom. The third kappa shape index (κ3) is 3.75. The second-order valence-electron chi connectivity index (χ2n) is 13.4. The number of nitrogens with zero attached hydrogens (tertiary/aromatic N) is 1. The Labute approximate surface area is 195 Å². The molecule has 4 aliphatic carbocycles. The molecule has 0 spiro atoms. The van der Waals surface area contributed by atoms with Gasteiger partial charge in [0.2, 0.25) is 0 Å². The van der Waals surface area contributed by atoms with Gasteiger partial charge in [-0.05, 0) is 100 Å². The minimum Gasteiger partial charge on any atom is -0.393 e. The molecule has 0 amide bonds. The molecule has 4 nitrogen and oxygen atoms in total. The molecular formula is C28H47NO3. The van der Waals surface area contributed by atoms with Crippen molar-refractivity contribution in [2.45, 2.75) is 123 Å². The number of hydrogen-bond acceptors (Lipinski definition) is 4. The lowest BCUT2D eigenvalue weighted by molar-refractivity contribution is -0.237. The molecule has 0 heterocycles. The normalized spacial score (nSPS) is 49.5. The first-order chi connectivity index (χ1) is 14.9. The lowest BCUT2D eigenvalue weighted by atomic mass is 9.41. The van der Waals surface area contributed by atoms with Gasteiger partial charge in [-0.15, -0.1) is 0 Å². The predicted octanol–water partition coefficient (Wildman–Crippen LogP) is 5.45. The van der Waals surface area contributed by atoms with E-state index >= 15 is 0 Å². The van der Waals surface area contributed by atoms with Gasteiger partial charge in [-0.3, -0.25) is 0 Å². The molecule has 0 radical (unpaired) electrons. The van der Waals surface area contributed by atoms with E-state index < -0.39 is 17.3 Å². The maximum Gasteiger partial charge on any atom is 0.0885 e. The monoisotopic (exact) mass is 445 g/mol. The number of aliphatic hydroxyl groups excluding tert-OH is 1. The van der Waals surface area contributed by atoms with Crippen LogP contribution in [0.2, 0.25) is 0 Å². The summed E-state index contributed by atoms with van der Waals surface area (Å²) in [5.41, 5.74) is -1.55. The van der Waals surface area contributed by atoms with Crippen molar-refractivity contribution in [1.82, 2.24) is 0 Å². The minimum absolute atomic E-state index is 0.257. The largest absolute Gasteiger partial charge is 0.393 e. The van der Waals surface area contributed by atoms with Crippen LogP contribution in [0.5, 0.6) is 0 Å². The highest BCUT2D eigenvalue weighted by molar-refractivity contribution is 5.20. The third-order valence-electron chi connectivity index (χ3n) is 11.2. The van der Waals surface area contributed by atoms with E-state index in [9.17, 15) is 20.6 Å². The molecular weight excluding hydrogens is 398 g/mol. The number of aliphatic hydroxyl groups is 3. The summed E-state index contributed by atoms with van der Waals surface area (Å²) in [6, 6.07) is 2.51. The summed E-state index contributed by atoms with van der Waals surface area (Å²) in [7, 11) is 0. The van der Waals surface area contributed by atoms with E-state index in [0.29, 0.717) is 35.5 Å². The molecule has 4 aliphatic rings. The van der Waals surface area contributed by atoms with Crippen LogP contribution in [0.25, 0.3) is 0 Å². The Morgan fingerprint density at radius 3 is 2.47 bits per heavy atom. The molecule has 3 N–H and O–H groups in total. The molecule has 4 fully saturated rings. The van der Waals surface area contributed by atoms with E-state index in [1.807, 2.05) is 13.8 Å². The van der Waals surface area contributed by atoms with Crippen molar-refractivity contribution in [3.8, 4) is 6.07 Å². The molecule has 0 aromatic carbocycles. The van der Waals surface area contributed by atoms with Crippen LogP contribution < -0.4 is 0 Å². The summed E-state index contributed by atoms with van der Waals surface area (Å²) in [6.07, 6.45) is 10.3. The standard InChI is InChI=1S/C28H47NO3/c1-18(7-6-12-25(2,3)31)22-8-9-23-21-15-19(17-29)28(32)16-20(30)10-14-27(28,5)24(21)11-13-26(22,23)4/h18-24,30-32H,6-16H2,1-5H3/t18-,19?,20+,21+,22-,23+,24+,26-,27-,28?/m1/s1. The average molecular weight is 446 g/mol. The minimum atomic E-state index is -1.04. The highest BCUT2D eigenvalue weighted by Crippen LogP contribution is 2.70. The van der Waals surface area contributed by atoms with Gasteiger partial charge in [-0.25, -0.2) is 0 Å². The van der Waals surface area contributed by atoms with Gasteiger partial charge in [0.25, 0.3) is 0 Å². The smallest absolute Gasteiger partial charge is 0.0885 e. The van der Waals surface area contributed by atoms with E-state index in [1.165, 1.54) is 25.7 Å². The van der Waals surface area contributed by atoms with Crippen molar-refractivity contribution in [1.29, 1.82) is 5.26 Å². The molecule has 0 aromatic heterocycles. The summed E-state index contributed by atoms with van der Waals surface area (Å²) in [6.45, 7) is 11.0. The van der Waals surface area contributed by atoms with Gasteiger partial charge in [0, 0.05) is 11.8 Å². The number of nitriles is 1. The summed E-state index contributed by atoms with van der Waals surface area (Å²) in [4.78, 5) is 0. The maximum atomic E-state index is 11.8. The van der Waals surface area contributed by atoms with Crippen LogP contribution in [-0.2, 0) is 0 Å². The zero-order valence-corrected chi connectivity index (χ0v) is 21.1. The van der Waals surface area contributed by atoms with Crippen LogP contribution in [-0.4, -0.2) is 32.6 Å². The van der Waals surface area contributed by atoms with E-state index in [0.717, 1.165) is 44.4 Å². The third-order valence-corrected chi connectivity index (χ3v) is 11.2. The lowest BCUT2D eigenvalue weighted by Crippen LogP contribution is -2.66. The molecule has 32 heavy (non-hydrogen) atoms. The van der Waals surface area contributed by atoms with E-state index in [4.69, 9.17) is 0 Å². The first-order valence-corrected chi connectivity index (χ1v) is 13.4. The molecule has 4 rings (SSSR count). The molecule has 10 atom stereocenters. The highest BCUT2D eigenvalue weighted by atomic mass is 16.3. The fourth-order valence-electron chi connectivity index (χ4n) is 9.49. The fourth-order valence-corrected chi connectivity index (χ4v) is 9.49. The Hall–Kier alpha value is -0.630. The molecule has 0 aliphatic heterocycles. The van der Waals surface area contributed by atoms with Crippen LogP contribution in [0, 0.1) is 57.7 Å². The van der Waals surface area contributed by atoms with Gasteiger partial charge in [-0.1, -0.05) is 33.6 Å². The van der Waals surface area contributed by atoms with Crippen molar-refractivity contribution >= 4 is 0 Å². The molecule has 4 saturated carbocycles. The lowest BCUT2D eigenvalue weighted by Gasteiger charge is -2.65. The van der Waals surface area contributed by atoms with E-state index in [2.05, 4.69) is 26.8 Å². The van der Waals surface area contributed by atoms with Crippen molar-refractivity contribution in [3.63, 3.8) is 0 Å². The quantitative estimate of drug-likeness (QED) is 0.525. The predicted molar refractivity (Wildman–Crippen MR) is 126 cm³/mol. The fraction of sp³-hybridized carbons (Fsp3) is 0.964.